The molecule has 0 aromatic carbocycles. The Kier molecular flexibility index (Phi) is 6.04. The van der Waals surface area contributed by atoms with Crippen LogP contribution in [0.4, 0.5) is 14.6 Å². The molecule has 0 aliphatic heterocycles. The minimum atomic E-state index is -2.45. The third-order valence-electron chi connectivity index (χ3n) is 2.02. The first-order chi connectivity index (χ1) is 8.52. The smallest absolute Gasteiger partial charge is 0.255 e. The molecule has 1 aromatic rings. The van der Waals surface area contributed by atoms with Crippen LogP contribution >= 0.6 is 11.6 Å². The highest BCUT2D eigenvalue weighted by molar-refractivity contribution is 6.18. The number of ether oxygens (including phenoxy) is 1. The molecule has 7 heteroatoms. The molecule has 0 atom stereocenters. The summed E-state index contributed by atoms with van der Waals surface area (Å²) in [5.41, 5.74) is 0. The fourth-order valence-electron chi connectivity index (χ4n) is 1.38. The maximum Gasteiger partial charge on any atom is 0.255 e. The molecule has 0 saturated heterocycles. The maximum absolute atomic E-state index is 12.4. The normalized spacial score (nSPS) is 11.1. The van der Waals surface area contributed by atoms with Gasteiger partial charge in [0.1, 0.15) is 12.1 Å². The van der Waals surface area contributed by atoms with Crippen molar-refractivity contribution in [2.45, 2.75) is 26.4 Å². The number of nitrogens with zero attached hydrogens (tertiary/aromatic N) is 3. The van der Waals surface area contributed by atoms with E-state index >= 15 is 0 Å². The van der Waals surface area contributed by atoms with Crippen molar-refractivity contribution < 1.29 is 13.5 Å². The molecule has 0 N–H and O–H groups in total. The Morgan fingerprint density at radius 3 is 2.67 bits per heavy atom. The van der Waals surface area contributed by atoms with Gasteiger partial charge in [-0.25, -0.2) is 18.7 Å². The minimum absolute atomic E-state index is 0.0377. The number of hydrogen-bond donors (Lipinski definition) is 0. The van der Waals surface area contributed by atoms with E-state index in [-0.39, 0.29) is 12.0 Å². The minimum Gasteiger partial charge on any atom is -0.475 e. The second-order valence-electron chi connectivity index (χ2n) is 3.91. The van der Waals surface area contributed by atoms with E-state index in [1.807, 2.05) is 13.8 Å². The largest absolute Gasteiger partial charge is 0.475 e. The highest BCUT2D eigenvalue weighted by atomic mass is 35.5. The van der Waals surface area contributed by atoms with Gasteiger partial charge in [-0.1, -0.05) is 0 Å². The number of rotatable bonds is 7. The fraction of sp³-hybridized carbons (Fsp3) is 0.636. The SMILES string of the molecule is CC(C)Oc1cc(N(CCCl)CC(F)F)ncn1. The lowest BCUT2D eigenvalue weighted by Crippen LogP contribution is -2.31. The van der Waals surface area contributed by atoms with E-state index < -0.39 is 13.0 Å². The van der Waals surface area contributed by atoms with Crippen molar-refractivity contribution >= 4 is 17.4 Å². The summed E-state index contributed by atoms with van der Waals surface area (Å²) in [5, 5.41) is 0. The van der Waals surface area contributed by atoms with Crippen LogP contribution in [0.2, 0.25) is 0 Å². The number of hydrogen-bond acceptors (Lipinski definition) is 4. The van der Waals surface area contributed by atoms with Gasteiger partial charge in [0.15, 0.2) is 0 Å². The van der Waals surface area contributed by atoms with Gasteiger partial charge in [-0.3, -0.25) is 0 Å². The first-order valence-corrected chi connectivity index (χ1v) is 6.14. The predicted molar refractivity (Wildman–Crippen MR) is 66.7 cm³/mol. The molecule has 18 heavy (non-hydrogen) atoms. The van der Waals surface area contributed by atoms with Gasteiger partial charge in [0.25, 0.3) is 6.43 Å². The highest BCUT2D eigenvalue weighted by Gasteiger charge is 2.14. The average molecular weight is 280 g/mol. The van der Waals surface area contributed by atoms with Crippen molar-refractivity contribution in [3.63, 3.8) is 0 Å². The molecule has 0 fully saturated rings. The van der Waals surface area contributed by atoms with Crippen LogP contribution in [0, 0.1) is 0 Å². The Morgan fingerprint density at radius 1 is 1.39 bits per heavy atom. The van der Waals surface area contributed by atoms with E-state index in [0.29, 0.717) is 18.2 Å². The van der Waals surface area contributed by atoms with Crippen LogP contribution in [-0.2, 0) is 0 Å². The zero-order valence-corrected chi connectivity index (χ0v) is 11.1. The Bertz CT molecular complexity index is 366. The number of halogens is 3. The van der Waals surface area contributed by atoms with Crippen LogP contribution in [0.1, 0.15) is 13.8 Å². The van der Waals surface area contributed by atoms with Crippen LogP contribution in [0.25, 0.3) is 0 Å². The molecule has 0 bridgehead atoms. The molecule has 4 nitrogen and oxygen atoms in total. The van der Waals surface area contributed by atoms with E-state index in [2.05, 4.69) is 9.97 Å². The molecule has 1 heterocycles. The molecule has 102 valence electrons. The average Bonchev–Trinajstić information content (AvgIpc) is 2.27. The van der Waals surface area contributed by atoms with Crippen LogP contribution in [0.3, 0.4) is 0 Å². The summed E-state index contributed by atoms with van der Waals surface area (Å²) in [5.74, 6) is 1.00. The molecule has 0 aliphatic rings. The third kappa shape index (κ3) is 5.00. The first kappa shape index (κ1) is 14.9. The molecular weight excluding hydrogens is 264 g/mol. The van der Waals surface area contributed by atoms with Crippen LogP contribution in [0.15, 0.2) is 12.4 Å². The van der Waals surface area contributed by atoms with Crippen molar-refractivity contribution in [2.75, 3.05) is 23.9 Å². The number of anilines is 1. The summed E-state index contributed by atoms with van der Waals surface area (Å²) in [6, 6.07) is 1.54. The molecule has 0 spiro atoms. The zero-order valence-electron chi connectivity index (χ0n) is 10.3. The summed E-state index contributed by atoms with van der Waals surface area (Å²) < 4.78 is 30.3. The Labute approximate surface area is 110 Å². The zero-order chi connectivity index (χ0) is 13.5. The topological polar surface area (TPSA) is 38.2 Å². The highest BCUT2D eigenvalue weighted by Crippen LogP contribution is 2.17. The van der Waals surface area contributed by atoms with Gasteiger partial charge in [-0.2, -0.15) is 0 Å². The molecule has 0 amide bonds. The van der Waals surface area contributed by atoms with E-state index in [0.717, 1.165) is 0 Å². The lowest BCUT2D eigenvalue weighted by atomic mass is 10.4. The van der Waals surface area contributed by atoms with Crippen LogP contribution in [0.5, 0.6) is 5.88 Å². The number of alkyl halides is 3. The van der Waals surface area contributed by atoms with Gasteiger partial charge in [0.05, 0.1) is 12.6 Å². The van der Waals surface area contributed by atoms with Gasteiger partial charge in [0, 0.05) is 18.5 Å². The van der Waals surface area contributed by atoms with E-state index in [9.17, 15) is 8.78 Å². The summed E-state index contributed by atoms with van der Waals surface area (Å²) in [6.45, 7) is 3.60. The fourth-order valence-corrected chi connectivity index (χ4v) is 1.58. The predicted octanol–water partition coefficient (Wildman–Crippen LogP) is 2.57. The van der Waals surface area contributed by atoms with Crippen molar-refractivity contribution in [2.24, 2.45) is 0 Å². The van der Waals surface area contributed by atoms with Gasteiger partial charge >= 0.3 is 0 Å². The van der Waals surface area contributed by atoms with Crippen LogP contribution < -0.4 is 9.64 Å². The first-order valence-electron chi connectivity index (χ1n) is 5.60. The van der Waals surface area contributed by atoms with Crippen molar-refractivity contribution in [1.82, 2.24) is 9.97 Å². The summed E-state index contributed by atoms with van der Waals surface area (Å²) in [4.78, 5) is 9.29. The monoisotopic (exact) mass is 279 g/mol. The third-order valence-corrected chi connectivity index (χ3v) is 2.19. The maximum atomic E-state index is 12.4. The van der Waals surface area contributed by atoms with Crippen molar-refractivity contribution in [3.8, 4) is 5.88 Å². The van der Waals surface area contributed by atoms with Crippen molar-refractivity contribution in [1.29, 1.82) is 0 Å². The van der Waals surface area contributed by atoms with Gasteiger partial charge < -0.3 is 9.64 Å². The van der Waals surface area contributed by atoms with Crippen LogP contribution in [-0.4, -0.2) is 41.5 Å². The Balaban J connectivity index is 2.83. The summed E-state index contributed by atoms with van der Waals surface area (Å²) in [6.07, 6.45) is -1.19. The van der Waals surface area contributed by atoms with Crippen molar-refractivity contribution in [3.05, 3.63) is 12.4 Å². The molecule has 1 aromatic heterocycles. The van der Waals surface area contributed by atoms with E-state index in [1.165, 1.54) is 17.3 Å². The Morgan fingerprint density at radius 2 is 2.11 bits per heavy atom. The quantitative estimate of drug-likeness (QED) is 0.719. The molecule has 0 radical (unpaired) electrons. The van der Waals surface area contributed by atoms with E-state index in [4.69, 9.17) is 16.3 Å². The Hall–Kier alpha value is -1.17. The standard InChI is InChI=1S/C11H16ClF2N3O/c1-8(2)18-11-5-10(15-7-16-11)17(4-3-12)6-9(13)14/h5,7-9H,3-4,6H2,1-2H3. The molecule has 0 aliphatic carbocycles. The lowest BCUT2D eigenvalue weighted by molar-refractivity contribution is 0.155. The second kappa shape index (κ2) is 7.31. The molecule has 0 saturated carbocycles. The van der Waals surface area contributed by atoms with Gasteiger partial charge in [-0.15, -0.1) is 11.6 Å². The second-order valence-corrected chi connectivity index (χ2v) is 4.29. The molecular formula is C11H16ClF2N3O. The van der Waals surface area contributed by atoms with Gasteiger partial charge in [0.2, 0.25) is 5.88 Å². The molecule has 1 rings (SSSR count). The number of aromatic nitrogens is 2. The summed E-state index contributed by atoms with van der Waals surface area (Å²) >= 11 is 5.59. The lowest BCUT2D eigenvalue weighted by Gasteiger charge is -2.22. The molecule has 0 unspecified atom stereocenters. The van der Waals surface area contributed by atoms with Gasteiger partial charge in [-0.05, 0) is 13.8 Å². The van der Waals surface area contributed by atoms with E-state index in [1.54, 1.807) is 0 Å². The summed E-state index contributed by atoms with van der Waals surface area (Å²) in [7, 11) is 0.